The number of allylic oxidation sites excluding steroid dienone is 8. The number of nitrogens with one attached hydrogen (secondary N) is 3. The van der Waals surface area contributed by atoms with Crippen LogP contribution in [0.5, 0.6) is 11.5 Å². The van der Waals surface area contributed by atoms with E-state index >= 15 is 0 Å². The highest BCUT2D eigenvalue weighted by Gasteiger charge is 2.55. The van der Waals surface area contributed by atoms with Crippen LogP contribution in [-0.4, -0.2) is 54.2 Å². The first-order valence-corrected chi connectivity index (χ1v) is 18.0. The van der Waals surface area contributed by atoms with Crippen molar-refractivity contribution in [1.29, 1.82) is 0 Å². The van der Waals surface area contributed by atoms with E-state index in [2.05, 4.69) is 34.2 Å². The topological polar surface area (TPSA) is 194 Å². The Hall–Kier alpha value is -5.04. The Morgan fingerprint density at radius 3 is 2.79 bits per heavy atom. The zero-order valence-corrected chi connectivity index (χ0v) is 29.7. The van der Waals surface area contributed by atoms with Gasteiger partial charge in [-0.15, -0.1) is 0 Å². The third-order valence-corrected chi connectivity index (χ3v) is 11.6. The summed E-state index contributed by atoms with van der Waals surface area (Å²) < 4.78 is 20.0. The third-order valence-electron chi connectivity index (χ3n) is 11.6. The van der Waals surface area contributed by atoms with E-state index in [1.807, 2.05) is 27.1 Å². The highest BCUT2D eigenvalue weighted by atomic mass is 16.6. The normalized spacial score (nSPS) is 26.3. The fourth-order valence-electron chi connectivity index (χ4n) is 8.89. The Labute approximate surface area is 301 Å². The molecule has 1 unspecified atom stereocenters. The van der Waals surface area contributed by atoms with Crippen molar-refractivity contribution in [2.75, 3.05) is 20.1 Å². The number of benzene rings is 1. The van der Waals surface area contributed by atoms with Gasteiger partial charge < -0.3 is 51.5 Å². The number of carbonyl (C=O) groups is 1. The highest BCUT2D eigenvalue weighted by Crippen LogP contribution is 2.57. The molecule has 8 rings (SSSR count). The molecule has 0 saturated heterocycles. The lowest BCUT2D eigenvalue weighted by Gasteiger charge is -2.48. The molecule has 9 N–H and O–H groups in total. The molecule has 2 aromatic rings. The molecule has 0 spiro atoms. The number of nitrogens with two attached hydrogens (primary N) is 2. The molecule has 5 heterocycles. The zero-order chi connectivity index (χ0) is 36.5. The summed E-state index contributed by atoms with van der Waals surface area (Å²) in [6.45, 7) is 4.38. The zero-order valence-electron chi connectivity index (χ0n) is 29.7. The number of fused-ring (bicyclic) bond motifs is 7. The van der Waals surface area contributed by atoms with Gasteiger partial charge in [0, 0.05) is 59.8 Å². The van der Waals surface area contributed by atoms with Crippen LogP contribution < -0.4 is 37.6 Å². The van der Waals surface area contributed by atoms with Gasteiger partial charge in [-0.05, 0) is 87.1 Å². The first-order valence-electron chi connectivity index (χ1n) is 18.0. The highest BCUT2D eigenvalue weighted by molar-refractivity contribution is 5.92. The van der Waals surface area contributed by atoms with Gasteiger partial charge in [-0.3, -0.25) is 4.79 Å². The molecule has 4 aliphatic heterocycles. The number of phenols is 1. The summed E-state index contributed by atoms with van der Waals surface area (Å²) in [6.07, 6.45) is 11.7. The Balaban J connectivity index is 1.42. The molecule has 2 aliphatic carbocycles. The molecule has 2 bridgehead atoms. The molecule has 4 atom stereocenters. The number of hydrogen-bond acceptors (Lipinski definition) is 12. The standard InChI is InChI=1S/C40H45N5O7/c1-4-19(7-9-43-3)39(49)51-30-16-26-35(48)34-29(47)15-24(18-46)50-37(34)27-12-21-8-10-44-38(42)33(21)25-6-5-20-11-22-14-31(41)45-17-23(22)13-28(32(20)25)40(30,2)52-36(26)27/h4,6,8,14-15,17,28,30-31,43-46,48H,5,7,9-13,16,18,41-42H2,1-3H3/b19-4-/t28-,30+,31?,40-/m0/s1. The van der Waals surface area contributed by atoms with Gasteiger partial charge >= 0.3 is 5.97 Å². The fraction of sp³-hybridized carbons (Fsp3) is 0.400. The average molecular weight is 708 g/mol. The smallest absolute Gasteiger partial charge is 0.334 e. The molecule has 272 valence electrons. The van der Waals surface area contributed by atoms with Crippen molar-refractivity contribution in [3.63, 3.8) is 0 Å². The van der Waals surface area contributed by atoms with Gasteiger partial charge in [0.15, 0.2) is 11.0 Å². The second-order valence-corrected chi connectivity index (χ2v) is 14.5. The van der Waals surface area contributed by atoms with Crippen molar-refractivity contribution in [2.45, 2.75) is 76.9 Å². The molecule has 0 amide bonds. The van der Waals surface area contributed by atoms with Crippen LogP contribution >= 0.6 is 0 Å². The van der Waals surface area contributed by atoms with Crippen LogP contribution in [0.2, 0.25) is 0 Å². The van der Waals surface area contributed by atoms with Crippen molar-refractivity contribution in [2.24, 2.45) is 17.4 Å². The summed E-state index contributed by atoms with van der Waals surface area (Å²) in [7, 11) is 1.83. The SMILES string of the molecule is C/C=C(/CCNC)C(=O)O[C@@H]1Cc2c3c(c4oc(CO)cc(=O)c4c2O)CC2=CCNC(N)=C2C2=CCC4=C2[C@H](CC2=CNC(N)C=C2C4)[C@]1(C)O3. The molecule has 52 heavy (non-hydrogen) atoms. The largest absolute Gasteiger partial charge is 0.507 e. The first kappa shape index (κ1) is 34.1. The molecule has 1 aromatic carbocycles. The molecule has 6 aliphatic rings. The van der Waals surface area contributed by atoms with Crippen LogP contribution in [0.3, 0.4) is 0 Å². The van der Waals surface area contributed by atoms with E-state index in [1.54, 1.807) is 6.08 Å². The number of hydrogen-bond donors (Lipinski definition) is 7. The maximum absolute atomic E-state index is 14.0. The maximum Gasteiger partial charge on any atom is 0.334 e. The van der Waals surface area contributed by atoms with Gasteiger partial charge in [-0.1, -0.05) is 23.8 Å². The van der Waals surface area contributed by atoms with Gasteiger partial charge in [-0.2, -0.15) is 0 Å². The van der Waals surface area contributed by atoms with Gasteiger partial charge in [0.1, 0.15) is 46.8 Å². The van der Waals surface area contributed by atoms with Crippen LogP contribution in [0.1, 0.15) is 56.4 Å². The van der Waals surface area contributed by atoms with Crippen molar-refractivity contribution >= 4 is 16.9 Å². The molecule has 1 aromatic heterocycles. The lowest BCUT2D eigenvalue weighted by molar-refractivity contribution is -0.163. The van der Waals surface area contributed by atoms with Crippen LogP contribution in [0, 0.1) is 5.92 Å². The fourth-order valence-corrected chi connectivity index (χ4v) is 8.89. The van der Waals surface area contributed by atoms with Crippen molar-refractivity contribution in [3.8, 4) is 11.5 Å². The summed E-state index contributed by atoms with van der Waals surface area (Å²) in [6, 6.07) is 1.19. The van der Waals surface area contributed by atoms with Gasteiger partial charge in [-0.25, -0.2) is 4.79 Å². The number of dihydropyridines is 2. The number of carbonyl (C=O) groups excluding carboxylic acids is 1. The summed E-state index contributed by atoms with van der Waals surface area (Å²) in [5, 5.41) is 31.7. The van der Waals surface area contributed by atoms with Crippen molar-refractivity contribution < 1.29 is 28.9 Å². The van der Waals surface area contributed by atoms with Crippen molar-refractivity contribution in [3.05, 3.63) is 114 Å². The Kier molecular flexibility index (Phi) is 8.43. The Morgan fingerprint density at radius 1 is 1.19 bits per heavy atom. The number of aromatic hydroxyl groups is 1. The number of ether oxygens (including phenoxy) is 2. The van der Waals surface area contributed by atoms with E-state index in [-0.39, 0.29) is 47.4 Å². The summed E-state index contributed by atoms with van der Waals surface area (Å²) in [5.41, 5.74) is 20.4. The Morgan fingerprint density at radius 2 is 2.02 bits per heavy atom. The van der Waals surface area contributed by atoms with E-state index in [0.717, 1.165) is 33.4 Å². The molecular weight excluding hydrogens is 662 g/mol. The molecule has 12 nitrogen and oxygen atoms in total. The minimum Gasteiger partial charge on any atom is -0.507 e. The summed E-state index contributed by atoms with van der Waals surface area (Å²) in [5.74, 6) is -0.134. The minimum absolute atomic E-state index is 0.0153. The van der Waals surface area contributed by atoms with E-state index in [9.17, 15) is 19.8 Å². The second-order valence-electron chi connectivity index (χ2n) is 14.5. The number of aliphatic hydroxyl groups is 1. The first-order chi connectivity index (χ1) is 25.1. The van der Waals surface area contributed by atoms with E-state index in [0.29, 0.717) is 67.0 Å². The number of phenolic OH excluding ortho intramolecular Hbond substituents is 1. The van der Waals surface area contributed by atoms with Crippen LogP contribution in [0.25, 0.3) is 11.0 Å². The van der Waals surface area contributed by atoms with Crippen LogP contribution in [0.4, 0.5) is 0 Å². The molecule has 12 heteroatoms. The molecule has 0 radical (unpaired) electrons. The van der Waals surface area contributed by atoms with E-state index in [4.69, 9.17) is 25.4 Å². The Bertz CT molecular complexity index is 2200. The van der Waals surface area contributed by atoms with E-state index < -0.39 is 29.7 Å². The van der Waals surface area contributed by atoms with Crippen molar-refractivity contribution in [1.82, 2.24) is 16.0 Å². The van der Waals surface area contributed by atoms with Gasteiger partial charge in [0.25, 0.3) is 0 Å². The second kappa shape index (κ2) is 12.9. The number of rotatable bonds is 6. The lowest BCUT2D eigenvalue weighted by Crippen LogP contribution is -2.57. The monoisotopic (exact) mass is 707 g/mol. The quantitative estimate of drug-likeness (QED) is 0.172. The van der Waals surface area contributed by atoms with Gasteiger partial charge in [0.2, 0.25) is 0 Å². The van der Waals surface area contributed by atoms with Gasteiger partial charge in [0.05, 0.1) is 6.17 Å². The van der Waals surface area contributed by atoms with Crippen LogP contribution in [-0.2, 0) is 29.0 Å². The number of aliphatic hydroxyl groups excluding tert-OH is 1. The predicted octanol–water partition coefficient (Wildman–Crippen LogP) is 3.14. The maximum atomic E-state index is 14.0. The third kappa shape index (κ3) is 5.31. The van der Waals surface area contributed by atoms with Crippen LogP contribution in [0.15, 0.2) is 96.2 Å². The average Bonchev–Trinajstić information content (AvgIpc) is 3.43. The molecule has 0 saturated carbocycles. The minimum atomic E-state index is -1.19. The lowest BCUT2D eigenvalue weighted by atomic mass is 9.69. The molecule has 0 fully saturated rings. The summed E-state index contributed by atoms with van der Waals surface area (Å²) in [4.78, 5) is 27.6. The summed E-state index contributed by atoms with van der Waals surface area (Å²) >= 11 is 0. The number of esters is 1. The predicted molar refractivity (Wildman–Crippen MR) is 196 cm³/mol. The molecular formula is C40H45N5O7. The van der Waals surface area contributed by atoms with E-state index in [1.165, 1.54) is 11.6 Å².